The number of hydrogen-bond acceptors (Lipinski definition) is 3. The topological polar surface area (TPSA) is 20.2 Å². The predicted molar refractivity (Wildman–Crippen MR) is 181 cm³/mol. The van der Waals surface area contributed by atoms with E-state index in [1.54, 1.807) is 0 Å². The molecular weight excluding hydrogens is 513 g/mol. The van der Waals surface area contributed by atoms with Gasteiger partial charge in [-0.2, -0.15) is 0 Å². The Labute approximate surface area is 253 Å². The van der Waals surface area contributed by atoms with E-state index in [9.17, 15) is 5.11 Å². The van der Waals surface area contributed by atoms with Gasteiger partial charge in [0, 0.05) is 0 Å². The molecule has 0 saturated carbocycles. The predicted octanol–water partition coefficient (Wildman–Crippen LogP) is 13.5. The number of thioether (sulfide) groups is 2. The van der Waals surface area contributed by atoms with Crippen molar-refractivity contribution in [3.63, 3.8) is 0 Å². The number of aromatic hydroxyl groups is 1. The van der Waals surface area contributed by atoms with Crippen LogP contribution in [0.1, 0.15) is 180 Å². The van der Waals surface area contributed by atoms with E-state index in [1.165, 1.54) is 164 Å². The zero-order chi connectivity index (χ0) is 28.4. The summed E-state index contributed by atoms with van der Waals surface area (Å²) in [7, 11) is 0. The lowest BCUT2D eigenvalue weighted by atomic mass is 10.0. The fraction of sp³-hybridized carbons (Fsp3) is 0.833. The zero-order valence-corrected chi connectivity index (χ0v) is 28.4. The van der Waals surface area contributed by atoms with E-state index in [2.05, 4.69) is 33.8 Å². The lowest BCUT2D eigenvalue weighted by Crippen LogP contribution is -1.97. The van der Waals surface area contributed by atoms with Crippen LogP contribution in [0.2, 0.25) is 0 Å². The van der Waals surface area contributed by atoms with Crippen LogP contribution in [0.4, 0.5) is 0 Å². The maximum absolute atomic E-state index is 11.3. The maximum atomic E-state index is 11.3. The Morgan fingerprint density at radius 3 is 1.36 bits per heavy atom. The van der Waals surface area contributed by atoms with Crippen LogP contribution in [-0.2, 0) is 6.42 Å². The molecule has 0 atom stereocenters. The van der Waals surface area contributed by atoms with Crippen molar-refractivity contribution >= 4 is 23.5 Å². The Hall–Kier alpha value is -0.280. The molecule has 0 aliphatic rings. The molecule has 0 spiro atoms. The molecule has 0 saturated heterocycles. The highest BCUT2D eigenvalue weighted by Crippen LogP contribution is 2.42. The zero-order valence-electron chi connectivity index (χ0n) is 26.7. The summed E-state index contributed by atoms with van der Waals surface area (Å²) in [6, 6.07) is 2.34. The molecule has 0 radical (unpaired) electrons. The second-order valence-corrected chi connectivity index (χ2v) is 14.1. The van der Waals surface area contributed by atoms with E-state index < -0.39 is 0 Å². The van der Waals surface area contributed by atoms with Crippen LogP contribution < -0.4 is 0 Å². The monoisotopic (exact) mass is 578 g/mol. The molecule has 228 valence electrons. The van der Waals surface area contributed by atoms with Gasteiger partial charge in [0.25, 0.3) is 0 Å². The van der Waals surface area contributed by atoms with Crippen molar-refractivity contribution in [2.75, 3.05) is 11.5 Å². The molecule has 1 aromatic rings. The summed E-state index contributed by atoms with van der Waals surface area (Å²) in [6.45, 7) is 9.14. The van der Waals surface area contributed by atoms with Crippen LogP contribution in [-0.4, -0.2) is 16.6 Å². The number of aryl methyl sites for hydroxylation is 1. The molecule has 0 unspecified atom stereocenters. The van der Waals surface area contributed by atoms with Crippen molar-refractivity contribution in [3.05, 3.63) is 17.2 Å². The summed E-state index contributed by atoms with van der Waals surface area (Å²) >= 11 is 3.82. The third-order valence-electron chi connectivity index (χ3n) is 8.13. The van der Waals surface area contributed by atoms with Crippen LogP contribution in [0.3, 0.4) is 0 Å². The Kier molecular flexibility index (Phi) is 25.1. The lowest BCUT2D eigenvalue weighted by Gasteiger charge is -2.17. The van der Waals surface area contributed by atoms with Crippen molar-refractivity contribution in [2.24, 2.45) is 0 Å². The SMILES string of the molecule is CCCCCCCCCCSc1cc(CCCCCCCCC)c(C)c(SCCCCCCCCCC)c1O. The van der Waals surface area contributed by atoms with Crippen LogP contribution >= 0.6 is 23.5 Å². The normalized spacial score (nSPS) is 11.5. The largest absolute Gasteiger partial charge is 0.506 e. The van der Waals surface area contributed by atoms with Gasteiger partial charge in [0.1, 0.15) is 5.75 Å². The first kappa shape index (κ1) is 36.7. The summed E-state index contributed by atoms with van der Waals surface area (Å²) in [4.78, 5) is 2.32. The number of phenolic OH excluding ortho intramolecular Hbond substituents is 1. The minimum atomic E-state index is 0.574. The van der Waals surface area contributed by atoms with Crippen LogP contribution in [0, 0.1) is 6.92 Å². The van der Waals surface area contributed by atoms with Gasteiger partial charge in [-0.25, -0.2) is 0 Å². The van der Waals surface area contributed by atoms with Gasteiger partial charge in [0.2, 0.25) is 0 Å². The van der Waals surface area contributed by atoms with Gasteiger partial charge in [-0.1, -0.05) is 149 Å². The first-order valence-electron chi connectivity index (χ1n) is 17.3. The molecule has 1 N–H and O–H groups in total. The van der Waals surface area contributed by atoms with Gasteiger partial charge in [-0.3, -0.25) is 0 Å². The van der Waals surface area contributed by atoms with Crippen LogP contribution in [0.15, 0.2) is 15.9 Å². The summed E-state index contributed by atoms with van der Waals surface area (Å²) < 4.78 is 0. The molecule has 0 fully saturated rings. The van der Waals surface area contributed by atoms with Crippen molar-refractivity contribution < 1.29 is 5.11 Å². The van der Waals surface area contributed by atoms with Gasteiger partial charge in [-0.05, 0) is 61.3 Å². The minimum absolute atomic E-state index is 0.574. The maximum Gasteiger partial charge on any atom is 0.142 e. The van der Waals surface area contributed by atoms with E-state index in [-0.39, 0.29) is 0 Å². The van der Waals surface area contributed by atoms with Gasteiger partial charge < -0.3 is 5.11 Å². The highest BCUT2D eigenvalue weighted by Gasteiger charge is 2.16. The molecule has 0 heterocycles. The van der Waals surface area contributed by atoms with Crippen LogP contribution in [0.5, 0.6) is 5.75 Å². The summed E-state index contributed by atoms with van der Waals surface area (Å²) in [5.41, 5.74) is 2.83. The van der Waals surface area contributed by atoms with Crippen molar-refractivity contribution in [1.82, 2.24) is 0 Å². The van der Waals surface area contributed by atoms with E-state index in [0.717, 1.165) is 22.8 Å². The average molecular weight is 579 g/mol. The number of unbranched alkanes of at least 4 members (excludes halogenated alkanes) is 20. The first-order valence-corrected chi connectivity index (χ1v) is 19.2. The van der Waals surface area contributed by atoms with Gasteiger partial charge >= 0.3 is 0 Å². The highest BCUT2D eigenvalue weighted by atomic mass is 32.2. The van der Waals surface area contributed by atoms with Crippen molar-refractivity contribution in [2.45, 2.75) is 192 Å². The smallest absolute Gasteiger partial charge is 0.142 e. The fourth-order valence-electron chi connectivity index (χ4n) is 5.42. The van der Waals surface area contributed by atoms with Crippen molar-refractivity contribution in [1.29, 1.82) is 0 Å². The molecule has 1 aromatic carbocycles. The molecule has 3 heteroatoms. The number of rotatable bonds is 28. The average Bonchev–Trinajstić information content (AvgIpc) is 2.94. The molecule has 0 aliphatic carbocycles. The second-order valence-electron chi connectivity index (χ2n) is 11.9. The quantitative estimate of drug-likeness (QED) is 0.0788. The lowest BCUT2D eigenvalue weighted by molar-refractivity contribution is 0.447. The summed E-state index contributed by atoms with van der Waals surface area (Å²) in [6.07, 6.45) is 32.4. The van der Waals surface area contributed by atoms with E-state index >= 15 is 0 Å². The molecule has 0 aromatic heterocycles. The molecular formula is C36H66OS2. The fourth-order valence-corrected chi connectivity index (χ4v) is 7.66. The van der Waals surface area contributed by atoms with Gasteiger partial charge in [-0.15, -0.1) is 23.5 Å². The minimum Gasteiger partial charge on any atom is -0.506 e. The second kappa shape index (κ2) is 26.6. The molecule has 0 amide bonds. The van der Waals surface area contributed by atoms with Gasteiger partial charge in [0.05, 0.1) is 9.79 Å². The summed E-state index contributed by atoms with van der Waals surface area (Å²) in [5, 5.41) is 11.3. The summed E-state index contributed by atoms with van der Waals surface area (Å²) in [5.74, 6) is 2.83. The Morgan fingerprint density at radius 1 is 0.513 bits per heavy atom. The molecule has 39 heavy (non-hydrogen) atoms. The standard InChI is InChI=1S/C36H66OS2/c1-5-8-11-14-17-20-23-26-29-38-34-31-33(28-25-22-19-16-13-10-7-3)32(4)36(35(34)37)39-30-27-24-21-18-15-12-9-6-2/h31,37H,5-30H2,1-4H3. The molecule has 1 rings (SSSR count). The Bertz CT molecular complexity index is 687. The molecule has 0 bridgehead atoms. The number of phenols is 1. The number of benzene rings is 1. The van der Waals surface area contributed by atoms with E-state index in [0.29, 0.717) is 5.75 Å². The number of hydrogen-bond donors (Lipinski definition) is 1. The first-order chi connectivity index (χ1) is 19.2. The van der Waals surface area contributed by atoms with Crippen LogP contribution in [0.25, 0.3) is 0 Å². The van der Waals surface area contributed by atoms with E-state index in [1.807, 2.05) is 23.5 Å². The van der Waals surface area contributed by atoms with Gasteiger partial charge in [0.15, 0.2) is 0 Å². The highest BCUT2D eigenvalue weighted by molar-refractivity contribution is 8.00. The third kappa shape index (κ3) is 18.7. The Balaban J connectivity index is 2.59. The van der Waals surface area contributed by atoms with Crippen molar-refractivity contribution in [3.8, 4) is 5.75 Å². The third-order valence-corrected chi connectivity index (χ3v) is 10.5. The molecule has 1 nitrogen and oxygen atoms in total. The Morgan fingerprint density at radius 2 is 0.897 bits per heavy atom. The van der Waals surface area contributed by atoms with E-state index in [4.69, 9.17) is 0 Å². The molecule has 0 aliphatic heterocycles.